The molecule has 2 aromatic rings. The lowest BCUT2D eigenvalue weighted by molar-refractivity contribution is 0.0635. The Morgan fingerprint density at radius 1 is 1.05 bits per heavy atom. The zero-order chi connectivity index (χ0) is 27.7. The molecule has 11 heteroatoms. The van der Waals surface area contributed by atoms with Crippen LogP contribution in [0.15, 0.2) is 29.3 Å². The largest absolute Gasteiger partial charge is 0.447 e. The fraction of sp³-hybridized carbons (Fsp3) is 0.593. The van der Waals surface area contributed by atoms with Crippen LogP contribution in [0.3, 0.4) is 0 Å². The lowest BCUT2D eigenvalue weighted by atomic mass is 9.86. The number of alkyl carbamates (subject to hydrolysis) is 1. The molecule has 0 atom stereocenters. The first-order valence-electron chi connectivity index (χ1n) is 13.1. The fourth-order valence-corrected chi connectivity index (χ4v) is 7.60. The van der Waals surface area contributed by atoms with Crippen LogP contribution in [-0.4, -0.2) is 48.6 Å². The Hall–Kier alpha value is -2.66. The predicted molar refractivity (Wildman–Crippen MR) is 147 cm³/mol. The van der Waals surface area contributed by atoms with Crippen molar-refractivity contribution in [3.05, 3.63) is 29.4 Å². The average Bonchev–Trinajstić information content (AvgIpc) is 3.56. The molecule has 4 rings (SSSR count). The maximum atomic E-state index is 13.4. The van der Waals surface area contributed by atoms with Gasteiger partial charge in [-0.2, -0.15) is 0 Å². The number of anilines is 1. The minimum absolute atomic E-state index is 0.0808. The molecule has 1 aromatic carbocycles. The molecule has 0 saturated heterocycles. The van der Waals surface area contributed by atoms with Crippen LogP contribution < -0.4 is 10.6 Å². The van der Waals surface area contributed by atoms with E-state index in [-0.39, 0.29) is 29.1 Å². The summed E-state index contributed by atoms with van der Waals surface area (Å²) in [5.41, 5.74) is 0.300. The van der Waals surface area contributed by atoms with Gasteiger partial charge in [0.15, 0.2) is 9.84 Å². The van der Waals surface area contributed by atoms with Gasteiger partial charge in [0, 0.05) is 29.4 Å². The number of sulfone groups is 1. The maximum Gasteiger partial charge on any atom is 0.412 e. The van der Waals surface area contributed by atoms with Crippen molar-refractivity contribution in [2.75, 3.05) is 5.32 Å². The van der Waals surface area contributed by atoms with Crippen molar-refractivity contribution in [2.45, 2.75) is 107 Å². The minimum atomic E-state index is -3.55. The molecule has 0 unspecified atom stereocenters. The van der Waals surface area contributed by atoms with E-state index in [4.69, 9.17) is 9.47 Å². The van der Waals surface area contributed by atoms with Crippen molar-refractivity contribution in [3.8, 4) is 10.4 Å². The number of hydrogen-bond donors (Lipinski definition) is 2. The van der Waals surface area contributed by atoms with Crippen molar-refractivity contribution in [3.63, 3.8) is 0 Å². The SMILES string of the molecule is CC(C)OC(=O)N[C@H]1CC[C@H](c2ncc(-c3ccc(NC(=O)OC(C)(C)C)cc3S(=O)(=O)C3CC3)s2)CC1. The molecule has 2 N–H and O–H groups in total. The van der Waals surface area contributed by atoms with E-state index in [1.165, 1.54) is 17.4 Å². The summed E-state index contributed by atoms with van der Waals surface area (Å²) in [6, 6.07) is 5.04. The summed E-state index contributed by atoms with van der Waals surface area (Å²) in [5, 5.41) is 6.17. The molecule has 1 aromatic heterocycles. The first-order valence-corrected chi connectivity index (χ1v) is 15.5. The molecule has 208 valence electrons. The molecule has 38 heavy (non-hydrogen) atoms. The average molecular weight is 564 g/mol. The van der Waals surface area contributed by atoms with Gasteiger partial charge in [-0.25, -0.2) is 23.0 Å². The van der Waals surface area contributed by atoms with Crippen molar-refractivity contribution in [2.24, 2.45) is 0 Å². The second kappa shape index (κ2) is 11.2. The van der Waals surface area contributed by atoms with Crippen molar-refractivity contribution >= 4 is 39.0 Å². The number of benzene rings is 1. The molecule has 0 aliphatic heterocycles. The van der Waals surface area contributed by atoms with Crippen molar-refractivity contribution in [1.82, 2.24) is 10.3 Å². The van der Waals surface area contributed by atoms with E-state index < -0.39 is 26.8 Å². The Bertz CT molecular complexity index is 1270. The Kier molecular flexibility index (Phi) is 8.37. The van der Waals surface area contributed by atoms with Gasteiger partial charge in [-0.3, -0.25) is 5.32 Å². The number of hydrogen-bond acceptors (Lipinski definition) is 8. The molecule has 0 spiro atoms. The molecule has 0 radical (unpaired) electrons. The third kappa shape index (κ3) is 7.25. The van der Waals surface area contributed by atoms with E-state index in [9.17, 15) is 18.0 Å². The molecule has 2 aliphatic rings. The standard InChI is InChI=1S/C27H37N3O6S2/c1-16(2)35-25(31)29-18-8-6-17(7-9-18)24-28-15-22(37-24)21-13-10-19(30-26(32)36-27(3,4)5)14-23(21)38(33,34)20-11-12-20/h10,13-18,20H,6-9,11-12H2,1-5H3,(H,29,31)(H,30,32)/t17-,18-. The number of nitrogens with one attached hydrogen (secondary N) is 2. The van der Waals surface area contributed by atoms with Gasteiger partial charge in [0.2, 0.25) is 0 Å². The first kappa shape index (κ1) is 28.4. The van der Waals surface area contributed by atoms with Crippen LogP contribution in [0.25, 0.3) is 10.4 Å². The number of thiazole rings is 1. The van der Waals surface area contributed by atoms with Gasteiger partial charge in [0.05, 0.1) is 26.1 Å². The highest BCUT2D eigenvalue weighted by Gasteiger charge is 2.39. The second-order valence-corrected chi connectivity index (χ2v) is 14.6. The molecule has 1 heterocycles. The summed E-state index contributed by atoms with van der Waals surface area (Å²) < 4.78 is 37.2. The Labute approximate surface area is 228 Å². The van der Waals surface area contributed by atoms with E-state index in [0.717, 1.165) is 35.6 Å². The molecule has 2 saturated carbocycles. The third-order valence-corrected chi connectivity index (χ3v) is 9.92. The van der Waals surface area contributed by atoms with Gasteiger partial charge in [-0.1, -0.05) is 6.07 Å². The first-order chi connectivity index (χ1) is 17.8. The second-order valence-electron chi connectivity index (χ2n) is 11.3. The zero-order valence-electron chi connectivity index (χ0n) is 22.6. The van der Waals surface area contributed by atoms with Gasteiger partial charge < -0.3 is 14.8 Å². The van der Waals surface area contributed by atoms with Crippen LogP contribution in [0.5, 0.6) is 0 Å². The van der Waals surface area contributed by atoms with E-state index in [0.29, 0.717) is 24.1 Å². The fourth-order valence-electron chi connectivity index (χ4n) is 4.52. The molecule has 0 bridgehead atoms. The maximum absolute atomic E-state index is 13.4. The van der Waals surface area contributed by atoms with Gasteiger partial charge in [-0.05, 0) is 85.3 Å². The summed E-state index contributed by atoms with van der Waals surface area (Å²) in [5.74, 6) is 0.254. The summed E-state index contributed by atoms with van der Waals surface area (Å²) in [6.45, 7) is 8.95. The zero-order valence-corrected chi connectivity index (χ0v) is 24.2. The van der Waals surface area contributed by atoms with Crippen LogP contribution >= 0.6 is 11.3 Å². The van der Waals surface area contributed by atoms with E-state index in [1.807, 2.05) is 13.8 Å². The number of ether oxygens (including phenoxy) is 2. The highest BCUT2D eigenvalue weighted by atomic mass is 32.2. The Morgan fingerprint density at radius 3 is 2.34 bits per heavy atom. The smallest absolute Gasteiger partial charge is 0.412 e. The highest BCUT2D eigenvalue weighted by Crippen LogP contribution is 2.43. The number of nitrogens with zero attached hydrogens (tertiary/aromatic N) is 1. The molecule has 2 fully saturated rings. The Morgan fingerprint density at radius 2 is 1.74 bits per heavy atom. The summed E-state index contributed by atoms with van der Waals surface area (Å²) >= 11 is 1.51. The highest BCUT2D eigenvalue weighted by molar-refractivity contribution is 7.92. The van der Waals surface area contributed by atoms with Gasteiger partial charge in [0.1, 0.15) is 5.60 Å². The number of amides is 2. The number of carbonyl (C=O) groups excluding carboxylic acids is 2. The summed E-state index contributed by atoms with van der Waals surface area (Å²) in [4.78, 5) is 29.8. The lowest BCUT2D eigenvalue weighted by Gasteiger charge is -2.28. The number of aromatic nitrogens is 1. The molecular weight excluding hydrogens is 526 g/mol. The minimum Gasteiger partial charge on any atom is -0.447 e. The van der Waals surface area contributed by atoms with Crippen molar-refractivity contribution in [1.29, 1.82) is 0 Å². The summed E-state index contributed by atoms with van der Waals surface area (Å²) in [6.07, 6.45) is 5.28. The van der Waals surface area contributed by atoms with Gasteiger partial charge in [-0.15, -0.1) is 11.3 Å². The number of rotatable bonds is 7. The molecule has 2 aliphatic carbocycles. The lowest BCUT2D eigenvalue weighted by Crippen LogP contribution is -2.38. The van der Waals surface area contributed by atoms with Gasteiger partial charge in [0.25, 0.3) is 0 Å². The predicted octanol–water partition coefficient (Wildman–Crippen LogP) is 6.25. The van der Waals surface area contributed by atoms with E-state index in [2.05, 4.69) is 15.6 Å². The van der Waals surface area contributed by atoms with Crippen LogP contribution in [0.2, 0.25) is 0 Å². The van der Waals surface area contributed by atoms with Crippen LogP contribution in [0.4, 0.5) is 15.3 Å². The van der Waals surface area contributed by atoms with Crippen molar-refractivity contribution < 1.29 is 27.5 Å². The quantitative estimate of drug-likeness (QED) is 0.408. The van der Waals surface area contributed by atoms with E-state index in [1.54, 1.807) is 39.1 Å². The topological polar surface area (TPSA) is 124 Å². The molecular formula is C27H37N3O6S2. The monoisotopic (exact) mass is 563 g/mol. The third-order valence-electron chi connectivity index (χ3n) is 6.43. The number of carbonyl (C=O) groups is 2. The van der Waals surface area contributed by atoms with Crippen LogP contribution in [-0.2, 0) is 19.3 Å². The summed E-state index contributed by atoms with van der Waals surface area (Å²) in [7, 11) is -3.55. The molecule has 2 amide bonds. The van der Waals surface area contributed by atoms with Crippen LogP contribution in [0, 0.1) is 0 Å². The Balaban J connectivity index is 1.50. The van der Waals surface area contributed by atoms with E-state index >= 15 is 0 Å². The van der Waals surface area contributed by atoms with Gasteiger partial charge >= 0.3 is 12.2 Å². The van der Waals surface area contributed by atoms with Crippen LogP contribution in [0.1, 0.15) is 84.1 Å². The normalized spacial score (nSPS) is 20.2. The molecule has 9 nitrogen and oxygen atoms in total.